The Hall–Kier alpha value is -2.78. The maximum absolute atomic E-state index is 12.2. The zero-order valence-corrected chi connectivity index (χ0v) is 22.5. The Kier molecular flexibility index (Phi) is 8.33. The van der Waals surface area contributed by atoms with E-state index in [2.05, 4.69) is 47.7 Å². The molecule has 1 aromatic carbocycles. The van der Waals surface area contributed by atoms with Crippen LogP contribution in [0.5, 0.6) is 0 Å². The minimum atomic E-state index is -0.975. The summed E-state index contributed by atoms with van der Waals surface area (Å²) in [6, 6.07) is 8.02. The van der Waals surface area contributed by atoms with Gasteiger partial charge in [-0.05, 0) is 35.2 Å². The molecule has 0 bridgehead atoms. The van der Waals surface area contributed by atoms with Gasteiger partial charge in [-0.3, -0.25) is 14.5 Å². The van der Waals surface area contributed by atoms with E-state index in [0.29, 0.717) is 33.9 Å². The monoisotopic (exact) mass is 519 g/mol. The van der Waals surface area contributed by atoms with Crippen molar-refractivity contribution in [3.05, 3.63) is 51.8 Å². The number of aromatic nitrogens is 2. The summed E-state index contributed by atoms with van der Waals surface area (Å²) in [4.78, 5) is 27.9. The summed E-state index contributed by atoms with van der Waals surface area (Å²) in [6.45, 7) is 9.88. The van der Waals surface area contributed by atoms with Crippen molar-refractivity contribution >= 4 is 52.2 Å². The first-order chi connectivity index (χ1) is 16.4. The van der Waals surface area contributed by atoms with Crippen LogP contribution in [0.25, 0.3) is 11.3 Å². The van der Waals surface area contributed by atoms with E-state index in [1.807, 2.05) is 25.3 Å². The van der Waals surface area contributed by atoms with E-state index >= 15 is 0 Å². The molecule has 1 aliphatic rings. The molecule has 2 heterocycles. The van der Waals surface area contributed by atoms with Gasteiger partial charge in [0.25, 0.3) is 0 Å². The molecular weight excluding hydrogens is 490 g/mol. The third-order valence-corrected chi connectivity index (χ3v) is 6.51. The predicted molar refractivity (Wildman–Crippen MR) is 139 cm³/mol. The Morgan fingerprint density at radius 1 is 1.20 bits per heavy atom. The highest BCUT2D eigenvalue weighted by Crippen LogP contribution is 2.39. The highest BCUT2D eigenvalue weighted by Gasteiger charge is 2.31. The van der Waals surface area contributed by atoms with Gasteiger partial charge in [0.1, 0.15) is 17.5 Å². The van der Waals surface area contributed by atoms with Crippen LogP contribution in [0.15, 0.2) is 29.3 Å². The zero-order chi connectivity index (χ0) is 25.9. The number of benzene rings is 1. The van der Waals surface area contributed by atoms with Crippen LogP contribution in [-0.4, -0.2) is 52.5 Å². The van der Waals surface area contributed by atoms with Crippen molar-refractivity contribution < 1.29 is 23.8 Å². The zero-order valence-electron chi connectivity index (χ0n) is 20.9. The van der Waals surface area contributed by atoms with Gasteiger partial charge >= 0.3 is 11.3 Å². The molecule has 35 heavy (non-hydrogen) atoms. The number of carbonyl (C=O) groups excluding carboxylic acids is 2. The molecule has 3 rings (SSSR count). The second kappa shape index (κ2) is 10.9. The number of methoxy groups -OCH3 is 1. The Bertz CT molecular complexity index is 1160. The summed E-state index contributed by atoms with van der Waals surface area (Å²) >= 11 is 7.34. The number of ether oxygens (including phenoxy) is 3. The first-order valence-corrected chi connectivity index (χ1v) is 12.4. The molecule has 1 aliphatic heterocycles. The number of nitrogens with zero attached hydrogens (tertiary/aromatic N) is 3. The summed E-state index contributed by atoms with van der Waals surface area (Å²) in [7, 11) is 3.03. The molecule has 2 unspecified atom stereocenters. The average molecular weight is 520 g/mol. The topological polar surface area (TPSA) is 92.0 Å². The lowest BCUT2D eigenvalue weighted by Crippen LogP contribution is -2.19. The third-order valence-electron chi connectivity index (χ3n) is 5.35. The number of carbonyl (C=O) groups is 2. The van der Waals surface area contributed by atoms with Crippen LogP contribution < -0.4 is 0 Å². The second-order valence-corrected chi connectivity index (χ2v) is 10.4. The van der Waals surface area contributed by atoms with Crippen LogP contribution >= 0.6 is 23.4 Å². The molecule has 8 nitrogen and oxygen atoms in total. The molecule has 0 N–H and O–H groups in total. The van der Waals surface area contributed by atoms with E-state index in [4.69, 9.17) is 21.1 Å². The van der Waals surface area contributed by atoms with Gasteiger partial charge in [0, 0.05) is 25.8 Å². The summed E-state index contributed by atoms with van der Waals surface area (Å²) in [6.07, 6.45) is 0.840. The van der Waals surface area contributed by atoms with Crippen molar-refractivity contribution in [3.8, 4) is 0 Å². The molecule has 2 atom stereocenters. The van der Waals surface area contributed by atoms with Crippen molar-refractivity contribution in [2.75, 3.05) is 12.9 Å². The number of thioether (sulfide) groups is 1. The lowest BCUT2D eigenvalue weighted by molar-refractivity contribution is -0.137. The normalized spacial score (nSPS) is 16.4. The molecule has 0 saturated heterocycles. The van der Waals surface area contributed by atoms with Crippen LogP contribution in [-0.2, 0) is 31.5 Å². The second-order valence-electron chi connectivity index (χ2n) is 9.10. The quantitative estimate of drug-likeness (QED) is 0.261. The molecular formula is C25H30ClN3O5S. The van der Waals surface area contributed by atoms with E-state index in [0.717, 1.165) is 11.1 Å². The van der Waals surface area contributed by atoms with Gasteiger partial charge in [-0.15, -0.1) is 0 Å². The van der Waals surface area contributed by atoms with E-state index in [1.165, 1.54) is 12.7 Å². The highest BCUT2D eigenvalue weighted by molar-refractivity contribution is 8.13. The van der Waals surface area contributed by atoms with Crippen molar-refractivity contribution in [1.82, 2.24) is 9.78 Å². The van der Waals surface area contributed by atoms with Gasteiger partial charge in [-0.1, -0.05) is 56.6 Å². The van der Waals surface area contributed by atoms with Crippen molar-refractivity contribution in [3.63, 3.8) is 0 Å². The van der Waals surface area contributed by atoms with Crippen molar-refractivity contribution in [2.45, 2.75) is 52.4 Å². The maximum atomic E-state index is 12.2. The Morgan fingerprint density at radius 3 is 2.31 bits per heavy atom. The lowest BCUT2D eigenvalue weighted by atomic mass is 9.86. The fraction of sp³-hybridized carbons (Fsp3) is 0.440. The summed E-state index contributed by atoms with van der Waals surface area (Å²) in [5.74, 6) is -0.258. The fourth-order valence-corrected chi connectivity index (χ4v) is 4.24. The molecule has 0 saturated carbocycles. The molecule has 0 amide bonds. The lowest BCUT2D eigenvalue weighted by Gasteiger charge is -2.22. The first kappa shape index (κ1) is 26.8. The van der Waals surface area contributed by atoms with Gasteiger partial charge in [0.15, 0.2) is 5.76 Å². The predicted octanol–water partition coefficient (Wildman–Crippen LogP) is 5.41. The minimum absolute atomic E-state index is 0.00482. The third kappa shape index (κ3) is 6.67. The number of aryl methyl sites for hydroxylation is 2. The average Bonchev–Trinajstić information content (AvgIpc) is 3.58. The Labute approximate surface area is 214 Å². The van der Waals surface area contributed by atoms with Gasteiger partial charge in [0.05, 0.1) is 17.8 Å². The number of halogens is 1. The minimum Gasteiger partial charge on any atom is -0.468 e. The summed E-state index contributed by atoms with van der Waals surface area (Å²) in [5, 5.41) is 4.20. The number of aliphatic imine (C=N–C) groups is 1. The van der Waals surface area contributed by atoms with Crippen LogP contribution in [0.3, 0.4) is 0 Å². The number of esters is 1. The molecule has 0 fully saturated rings. The van der Waals surface area contributed by atoms with Crippen LogP contribution in [0, 0.1) is 6.92 Å². The Morgan fingerprint density at radius 2 is 1.83 bits per heavy atom. The molecule has 188 valence electrons. The highest BCUT2D eigenvalue weighted by atomic mass is 35.5. The standard InChI is InChI=1S/C25H30ClN3O5S/c1-14-21(26)22(29(6)28-14)23(33-15(2)34-24(31)35-13-19(30)32-7)20(18-12-27-18)16-8-10-17(11-9-16)25(3,4)5/h8-12,15,18H,13H2,1-7H3/b23-20+. The largest absolute Gasteiger partial charge is 0.468 e. The molecule has 0 radical (unpaired) electrons. The van der Waals surface area contributed by atoms with E-state index in [-0.39, 0.29) is 17.2 Å². The van der Waals surface area contributed by atoms with Gasteiger partial charge in [-0.2, -0.15) is 5.10 Å². The smallest absolute Gasteiger partial charge is 0.370 e. The van der Waals surface area contributed by atoms with Crippen LogP contribution in [0.1, 0.15) is 50.2 Å². The SMILES string of the molecule is COC(=O)CSC(=O)OC(C)O/C(=C(\c1ccc(C(C)(C)C)cc1)C1C=N1)c1c(Cl)c(C)nn1C. The molecule has 1 aromatic heterocycles. The van der Waals surface area contributed by atoms with E-state index in [1.54, 1.807) is 18.7 Å². The number of rotatable bonds is 8. The van der Waals surface area contributed by atoms with Crippen LogP contribution in [0.4, 0.5) is 4.79 Å². The van der Waals surface area contributed by atoms with Crippen molar-refractivity contribution in [2.24, 2.45) is 12.0 Å². The van der Waals surface area contributed by atoms with Crippen LogP contribution in [0.2, 0.25) is 5.02 Å². The molecule has 0 aliphatic carbocycles. The van der Waals surface area contributed by atoms with E-state index in [9.17, 15) is 9.59 Å². The van der Waals surface area contributed by atoms with Crippen molar-refractivity contribution in [1.29, 1.82) is 0 Å². The number of hydrogen-bond acceptors (Lipinski definition) is 8. The first-order valence-electron chi connectivity index (χ1n) is 11.1. The maximum Gasteiger partial charge on any atom is 0.370 e. The Balaban J connectivity index is 2.00. The summed E-state index contributed by atoms with van der Waals surface area (Å²) < 4.78 is 17.8. The van der Waals surface area contributed by atoms with Gasteiger partial charge in [0.2, 0.25) is 6.29 Å². The molecule has 10 heteroatoms. The molecule has 2 aromatic rings. The fourth-order valence-electron chi connectivity index (χ4n) is 3.44. The molecule has 0 spiro atoms. The van der Waals surface area contributed by atoms with E-state index < -0.39 is 17.6 Å². The van der Waals surface area contributed by atoms with Gasteiger partial charge < -0.3 is 14.2 Å². The summed E-state index contributed by atoms with van der Waals surface area (Å²) in [5.41, 5.74) is 4.09. The number of hydrogen-bond donors (Lipinski definition) is 0. The van der Waals surface area contributed by atoms with Gasteiger partial charge in [-0.25, -0.2) is 4.79 Å².